The van der Waals surface area contributed by atoms with Crippen molar-refractivity contribution < 1.29 is 4.79 Å². The molecular formula is C12H20N4O. The minimum atomic E-state index is 0.0341. The monoisotopic (exact) mass is 236 g/mol. The molecule has 0 saturated carbocycles. The van der Waals surface area contributed by atoms with E-state index in [0.717, 1.165) is 31.6 Å². The lowest BCUT2D eigenvalue weighted by atomic mass is 9.98. The van der Waals surface area contributed by atoms with E-state index < -0.39 is 0 Å². The van der Waals surface area contributed by atoms with Crippen molar-refractivity contribution in [1.82, 2.24) is 14.7 Å². The van der Waals surface area contributed by atoms with Crippen LogP contribution in [0.15, 0.2) is 6.07 Å². The number of amides is 1. The molecule has 1 saturated heterocycles. The molecule has 0 unspecified atom stereocenters. The number of hydrogen-bond acceptors (Lipinski definition) is 3. The SMILES string of the molecule is Cc1cc(C(=O)N2CCC[C@H](CN)C2)nn1C. The van der Waals surface area contributed by atoms with Crippen molar-refractivity contribution in [2.75, 3.05) is 19.6 Å². The molecule has 94 valence electrons. The molecule has 5 nitrogen and oxygen atoms in total. The molecule has 0 aromatic carbocycles. The topological polar surface area (TPSA) is 64.2 Å². The summed E-state index contributed by atoms with van der Waals surface area (Å²) in [7, 11) is 1.85. The summed E-state index contributed by atoms with van der Waals surface area (Å²) in [6.45, 7) is 4.20. The first-order valence-corrected chi connectivity index (χ1v) is 6.11. The van der Waals surface area contributed by atoms with Gasteiger partial charge >= 0.3 is 0 Å². The number of rotatable bonds is 2. The largest absolute Gasteiger partial charge is 0.337 e. The van der Waals surface area contributed by atoms with Crippen molar-refractivity contribution in [3.63, 3.8) is 0 Å². The van der Waals surface area contributed by atoms with Gasteiger partial charge in [0.05, 0.1) is 0 Å². The number of piperidine rings is 1. The van der Waals surface area contributed by atoms with Gasteiger partial charge in [-0.25, -0.2) is 0 Å². The van der Waals surface area contributed by atoms with Crippen LogP contribution in [0.5, 0.6) is 0 Å². The van der Waals surface area contributed by atoms with Gasteiger partial charge in [0.1, 0.15) is 0 Å². The molecule has 1 fully saturated rings. The Bertz CT molecular complexity index is 393. The predicted octanol–water partition coefficient (Wildman–Crippen LogP) is 0.539. The third kappa shape index (κ3) is 2.49. The number of aromatic nitrogens is 2. The highest BCUT2D eigenvalue weighted by Gasteiger charge is 2.25. The molecule has 1 aliphatic heterocycles. The lowest BCUT2D eigenvalue weighted by Gasteiger charge is -2.31. The van der Waals surface area contributed by atoms with Gasteiger partial charge in [-0.15, -0.1) is 0 Å². The molecule has 2 heterocycles. The lowest BCUT2D eigenvalue weighted by Crippen LogP contribution is -2.42. The first-order chi connectivity index (χ1) is 8.11. The van der Waals surface area contributed by atoms with Gasteiger partial charge in [0.25, 0.3) is 5.91 Å². The third-order valence-electron chi connectivity index (χ3n) is 3.47. The molecule has 0 bridgehead atoms. The Morgan fingerprint density at radius 3 is 3.00 bits per heavy atom. The highest BCUT2D eigenvalue weighted by Crippen LogP contribution is 2.17. The van der Waals surface area contributed by atoms with E-state index in [4.69, 9.17) is 5.73 Å². The molecule has 0 spiro atoms. The van der Waals surface area contributed by atoms with Crippen molar-refractivity contribution in [1.29, 1.82) is 0 Å². The van der Waals surface area contributed by atoms with Crippen LogP contribution in [0, 0.1) is 12.8 Å². The van der Waals surface area contributed by atoms with Gasteiger partial charge in [-0.3, -0.25) is 9.48 Å². The van der Waals surface area contributed by atoms with Gasteiger partial charge in [-0.1, -0.05) is 0 Å². The van der Waals surface area contributed by atoms with E-state index in [1.807, 2.05) is 24.9 Å². The summed E-state index contributed by atoms with van der Waals surface area (Å²) in [6, 6.07) is 1.84. The first kappa shape index (κ1) is 12.1. The predicted molar refractivity (Wildman–Crippen MR) is 65.6 cm³/mol. The molecule has 1 atom stereocenters. The lowest BCUT2D eigenvalue weighted by molar-refractivity contribution is 0.0671. The molecule has 2 N–H and O–H groups in total. The molecule has 0 radical (unpaired) electrons. The standard InChI is InChI=1S/C12H20N4O/c1-9-6-11(14-15(9)2)12(17)16-5-3-4-10(7-13)8-16/h6,10H,3-5,7-8,13H2,1-2H3/t10-/m1/s1. The average Bonchev–Trinajstić information content (AvgIpc) is 2.69. The molecule has 0 aliphatic carbocycles. The molecule has 1 aromatic rings. The summed E-state index contributed by atoms with van der Waals surface area (Å²) in [5.74, 6) is 0.476. The van der Waals surface area contributed by atoms with E-state index >= 15 is 0 Å². The van der Waals surface area contributed by atoms with Crippen LogP contribution >= 0.6 is 0 Å². The number of carbonyl (C=O) groups is 1. The van der Waals surface area contributed by atoms with Crippen LogP contribution in [-0.2, 0) is 7.05 Å². The average molecular weight is 236 g/mol. The highest BCUT2D eigenvalue weighted by molar-refractivity contribution is 5.92. The fraction of sp³-hybridized carbons (Fsp3) is 0.667. The van der Waals surface area contributed by atoms with Gasteiger partial charge in [-0.05, 0) is 38.3 Å². The number of hydrogen-bond donors (Lipinski definition) is 1. The van der Waals surface area contributed by atoms with Gasteiger partial charge in [0, 0.05) is 25.8 Å². The van der Waals surface area contributed by atoms with Gasteiger partial charge in [0.2, 0.25) is 0 Å². The molecular weight excluding hydrogens is 216 g/mol. The number of aryl methyl sites for hydroxylation is 2. The number of nitrogens with zero attached hydrogens (tertiary/aromatic N) is 3. The second-order valence-corrected chi connectivity index (χ2v) is 4.79. The van der Waals surface area contributed by atoms with Crippen LogP contribution < -0.4 is 5.73 Å². The second-order valence-electron chi connectivity index (χ2n) is 4.79. The molecule has 2 rings (SSSR count). The van der Waals surface area contributed by atoms with E-state index in [9.17, 15) is 4.79 Å². The first-order valence-electron chi connectivity index (χ1n) is 6.11. The number of likely N-dealkylation sites (tertiary alicyclic amines) is 1. The van der Waals surface area contributed by atoms with Crippen molar-refractivity contribution in [3.05, 3.63) is 17.5 Å². The van der Waals surface area contributed by atoms with Crippen molar-refractivity contribution in [2.24, 2.45) is 18.7 Å². The van der Waals surface area contributed by atoms with E-state index in [2.05, 4.69) is 5.10 Å². The summed E-state index contributed by atoms with van der Waals surface area (Å²) in [6.07, 6.45) is 2.17. The molecule has 1 aliphatic rings. The second kappa shape index (κ2) is 4.87. The molecule has 1 amide bonds. The quantitative estimate of drug-likeness (QED) is 0.815. The zero-order chi connectivity index (χ0) is 12.4. The summed E-state index contributed by atoms with van der Waals surface area (Å²) in [5.41, 5.74) is 7.22. The van der Waals surface area contributed by atoms with E-state index in [-0.39, 0.29) is 5.91 Å². The van der Waals surface area contributed by atoms with Crippen LogP contribution in [0.25, 0.3) is 0 Å². The fourth-order valence-corrected chi connectivity index (χ4v) is 2.27. The maximum absolute atomic E-state index is 12.2. The van der Waals surface area contributed by atoms with Crippen molar-refractivity contribution >= 4 is 5.91 Å². The Morgan fingerprint density at radius 1 is 1.65 bits per heavy atom. The highest BCUT2D eigenvalue weighted by atomic mass is 16.2. The van der Waals surface area contributed by atoms with E-state index in [0.29, 0.717) is 18.2 Å². The number of carbonyl (C=O) groups excluding carboxylic acids is 1. The van der Waals surface area contributed by atoms with E-state index in [1.54, 1.807) is 4.68 Å². The molecule has 1 aromatic heterocycles. The normalized spacial score (nSPS) is 20.6. The number of nitrogens with two attached hydrogens (primary N) is 1. The minimum Gasteiger partial charge on any atom is -0.337 e. The van der Waals surface area contributed by atoms with Crippen molar-refractivity contribution in [2.45, 2.75) is 19.8 Å². The van der Waals surface area contributed by atoms with Crippen LogP contribution in [0.3, 0.4) is 0 Å². The summed E-state index contributed by atoms with van der Waals surface area (Å²) in [5, 5.41) is 4.23. The maximum Gasteiger partial charge on any atom is 0.274 e. The Labute approximate surface area is 102 Å². The Hall–Kier alpha value is -1.36. The Kier molecular flexibility index (Phi) is 3.47. The maximum atomic E-state index is 12.2. The summed E-state index contributed by atoms with van der Waals surface area (Å²) >= 11 is 0. The minimum absolute atomic E-state index is 0.0341. The third-order valence-corrected chi connectivity index (χ3v) is 3.47. The zero-order valence-electron chi connectivity index (χ0n) is 10.5. The van der Waals surface area contributed by atoms with Crippen LogP contribution in [-0.4, -0.2) is 40.2 Å². The van der Waals surface area contributed by atoms with Crippen LogP contribution in [0.2, 0.25) is 0 Å². The Morgan fingerprint density at radius 2 is 2.41 bits per heavy atom. The zero-order valence-corrected chi connectivity index (χ0v) is 10.5. The van der Waals surface area contributed by atoms with Gasteiger partial charge < -0.3 is 10.6 Å². The van der Waals surface area contributed by atoms with Gasteiger partial charge in [-0.2, -0.15) is 5.10 Å². The summed E-state index contributed by atoms with van der Waals surface area (Å²) in [4.78, 5) is 14.1. The smallest absolute Gasteiger partial charge is 0.274 e. The molecule has 17 heavy (non-hydrogen) atoms. The fourth-order valence-electron chi connectivity index (χ4n) is 2.27. The van der Waals surface area contributed by atoms with E-state index in [1.165, 1.54) is 0 Å². The molecule has 5 heteroatoms. The Balaban J connectivity index is 2.09. The van der Waals surface area contributed by atoms with Gasteiger partial charge in [0.15, 0.2) is 5.69 Å². The van der Waals surface area contributed by atoms with Crippen molar-refractivity contribution in [3.8, 4) is 0 Å². The van der Waals surface area contributed by atoms with Crippen LogP contribution in [0.4, 0.5) is 0 Å². The summed E-state index contributed by atoms with van der Waals surface area (Å²) < 4.78 is 1.73. The van der Waals surface area contributed by atoms with Crippen LogP contribution in [0.1, 0.15) is 29.0 Å².